The average Bonchev–Trinajstić information content (AvgIpc) is 2.46. The molecule has 0 fully saturated rings. The molecule has 3 N–H and O–H groups in total. The van der Waals surface area contributed by atoms with E-state index in [1.165, 1.54) is 11.1 Å². The van der Waals surface area contributed by atoms with Gasteiger partial charge >= 0.3 is 0 Å². The fourth-order valence-electron chi connectivity index (χ4n) is 2.25. The number of amides is 1. The molecule has 0 aliphatic rings. The van der Waals surface area contributed by atoms with Crippen LogP contribution in [0.3, 0.4) is 0 Å². The van der Waals surface area contributed by atoms with Crippen LogP contribution in [0.2, 0.25) is 0 Å². The summed E-state index contributed by atoms with van der Waals surface area (Å²) in [5.74, 6) is 0.553. The third-order valence-corrected chi connectivity index (χ3v) is 3.21. The number of carbonyl (C=O) groups excluding carboxylic acids is 1. The third-order valence-electron chi connectivity index (χ3n) is 3.21. The lowest BCUT2D eigenvalue weighted by molar-refractivity contribution is -0.121. The molecule has 0 saturated carbocycles. The smallest absolute Gasteiger partial charge is 0.239 e. The second-order valence-electron chi connectivity index (χ2n) is 7.08. The molecule has 0 bridgehead atoms. The monoisotopic (exact) mass is 333 g/mol. The van der Waals surface area contributed by atoms with Gasteiger partial charge in [-0.05, 0) is 46.0 Å². The zero-order chi connectivity index (χ0) is 18.2. The van der Waals surface area contributed by atoms with Crippen LogP contribution >= 0.6 is 0 Å². The molecular formula is C18H31N5O. The maximum Gasteiger partial charge on any atom is 0.239 e. The van der Waals surface area contributed by atoms with Crippen LogP contribution < -0.4 is 16.0 Å². The first-order chi connectivity index (χ1) is 11.2. The van der Waals surface area contributed by atoms with Gasteiger partial charge in [0, 0.05) is 25.7 Å². The molecule has 0 aliphatic carbocycles. The molecule has 0 spiro atoms. The van der Waals surface area contributed by atoms with E-state index < -0.39 is 0 Å². The Morgan fingerprint density at radius 3 is 2.29 bits per heavy atom. The molecule has 6 nitrogen and oxygen atoms in total. The molecule has 134 valence electrons. The molecule has 0 unspecified atom stereocenters. The van der Waals surface area contributed by atoms with Crippen LogP contribution in [-0.2, 0) is 17.9 Å². The summed E-state index contributed by atoms with van der Waals surface area (Å²) in [4.78, 5) is 18.2. The molecular weight excluding hydrogens is 302 g/mol. The number of carbonyl (C=O) groups is 1. The van der Waals surface area contributed by atoms with Crippen molar-refractivity contribution in [2.45, 2.75) is 39.4 Å². The Morgan fingerprint density at radius 1 is 1.12 bits per heavy atom. The highest BCUT2D eigenvalue weighted by Crippen LogP contribution is 2.10. The van der Waals surface area contributed by atoms with Gasteiger partial charge in [-0.25, -0.2) is 0 Å². The Balaban J connectivity index is 2.55. The lowest BCUT2D eigenvalue weighted by atomic mass is 10.1. The molecule has 1 rings (SSSR count). The summed E-state index contributed by atoms with van der Waals surface area (Å²) in [6.07, 6.45) is 0. The van der Waals surface area contributed by atoms with Crippen LogP contribution in [-0.4, -0.2) is 50.0 Å². The quantitative estimate of drug-likeness (QED) is 0.543. The number of hydrogen-bond acceptors (Lipinski definition) is 3. The molecule has 0 aliphatic heterocycles. The number of nitrogens with one attached hydrogen (secondary N) is 3. The largest absolute Gasteiger partial charge is 0.352 e. The number of guanidine groups is 1. The van der Waals surface area contributed by atoms with Gasteiger partial charge in [0.15, 0.2) is 5.96 Å². The standard InChI is InChI=1S/C18H31N5O/c1-18(2,3)22-16(24)12-21-17(19-4)20-11-14-9-7-8-10-15(14)13-23(5)6/h7-10H,11-13H2,1-6H3,(H,22,24)(H2,19,20,21). The van der Waals surface area contributed by atoms with Crippen LogP contribution in [0.4, 0.5) is 0 Å². The third kappa shape index (κ3) is 7.97. The van der Waals surface area contributed by atoms with Gasteiger partial charge in [-0.3, -0.25) is 9.79 Å². The molecule has 24 heavy (non-hydrogen) atoms. The first-order valence-electron chi connectivity index (χ1n) is 8.18. The van der Waals surface area contributed by atoms with Gasteiger partial charge in [0.1, 0.15) is 0 Å². The topological polar surface area (TPSA) is 68.8 Å². The predicted molar refractivity (Wildman–Crippen MR) is 99.9 cm³/mol. The highest BCUT2D eigenvalue weighted by atomic mass is 16.2. The van der Waals surface area contributed by atoms with E-state index in [2.05, 4.69) is 52.1 Å². The van der Waals surface area contributed by atoms with Gasteiger partial charge in [0.25, 0.3) is 0 Å². The van der Waals surface area contributed by atoms with E-state index in [1.54, 1.807) is 7.05 Å². The predicted octanol–water partition coefficient (Wildman–Crippen LogP) is 1.33. The van der Waals surface area contributed by atoms with E-state index in [0.717, 1.165) is 6.54 Å². The maximum atomic E-state index is 11.9. The molecule has 0 aromatic heterocycles. The van der Waals surface area contributed by atoms with Crippen molar-refractivity contribution in [3.05, 3.63) is 35.4 Å². The van der Waals surface area contributed by atoms with Crippen LogP contribution in [0.1, 0.15) is 31.9 Å². The number of rotatable bonds is 6. The molecule has 1 aromatic carbocycles. The van der Waals surface area contributed by atoms with Crippen LogP contribution in [0, 0.1) is 0 Å². The number of aliphatic imine (C=N–C) groups is 1. The normalized spacial score (nSPS) is 12.2. The zero-order valence-electron chi connectivity index (χ0n) is 15.7. The summed E-state index contributed by atoms with van der Waals surface area (Å²) in [5, 5.41) is 9.21. The summed E-state index contributed by atoms with van der Waals surface area (Å²) in [7, 11) is 5.81. The number of benzene rings is 1. The summed E-state index contributed by atoms with van der Waals surface area (Å²) in [5.41, 5.74) is 2.25. The molecule has 0 radical (unpaired) electrons. The molecule has 0 saturated heterocycles. The minimum absolute atomic E-state index is 0.0570. The van der Waals surface area contributed by atoms with Crippen molar-refractivity contribution in [2.75, 3.05) is 27.7 Å². The minimum atomic E-state index is -0.235. The molecule has 1 aromatic rings. The Kier molecular flexibility index (Phi) is 7.71. The van der Waals surface area contributed by atoms with E-state index in [4.69, 9.17) is 0 Å². The van der Waals surface area contributed by atoms with E-state index in [1.807, 2.05) is 32.9 Å². The van der Waals surface area contributed by atoms with Gasteiger partial charge in [-0.2, -0.15) is 0 Å². The van der Waals surface area contributed by atoms with E-state index >= 15 is 0 Å². The summed E-state index contributed by atoms with van der Waals surface area (Å²) in [6.45, 7) is 7.61. The number of nitrogens with zero attached hydrogens (tertiary/aromatic N) is 2. The van der Waals surface area contributed by atoms with Crippen molar-refractivity contribution in [2.24, 2.45) is 4.99 Å². The Morgan fingerprint density at radius 2 is 1.75 bits per heavy atom. The fourth-order valence-corrected chi connectivity index (χ4v) is 2.25. The number of hydrogen-bond donors (Lipinski definition) is 3. The summed E-state index contributed by atoms with van der Waals surface area (Å²) < 4.78 is 0. The van der Waals surface area contributed by atoms with Crippen molar-refractivity contribution >= 4 is 11.9 Å². The Bertz CT molecular complexity index is 561. The maximum absolute atomic E-state index is 11.9. The van der Waals surface area contributed by atoms with E-state index in [9.17, 15) is 4.79 Å². The molecule has 6 heteroatoms. The minimum Gasteiger partial charge on any atom is -0.352 e. The zero-order valence-corrected chi connectivity index (χ0v) is 15.7. The van der Waals surface area contributed by atoms with Gasteiger partial charge < -0.3 is 20.9 Å². The van der Waals surface area contributed by atoms with Gasteiger partial charge in [-0.1, -0.05) is 24.3 Å². The summed E-state index contributed by atoms with van der Waals surface area (Å²) >= 11 is 0. The molecule has 0 atom stereocenters. The second kappa shape index (κ2) is 9.27. The van der Waals surface area contributed by atoms with Crippen molar-refractivity contribution in [3.8, 4) is 0 Å². The van der Waals surface area contributed by atoms with Crippen molar-refractivity contribution in [3.63, 3.8) is 0 Å². The highest BCUT2D eigenvalue weighted by Gasteiger charge is 2.13. The Hall–Kier alpha value is -2.08. The first kappa shape index (κ1) is 20.0. The molecule has 0 heterocycles. The van der Waals surface area contributed by atoms with Gasteiger partial charge in [-0.15, -0.1) is 0 Å². The van der Waals surface area contributed by atoms with Crippen LogP contribution in [0.5, 0.6) is 0 Å². The first-order valence-corrected chi connectivity index (χ1v) is 8.18. The SMILES string of the molecule is CN=C(NCC(=O)NC(C)(C)C)NCc1ccccc1CN(C)C. The average molecular weight is 333 g/mol. The lowest BCUT2D eigenvalue weighted by Gasteiger charge is -2.21. The van der Waals surface area contributed by atoms with Crippen molar-refractivity contribution in [1.82, 2.24) is 20.9 Å². The highest BCUT2D eigenvalue weighted by molar-refractivity contribution is 5.86. The lowest BCUT2D eigenvalue weighted by Crippen LogP contribution is -2.48. The van der Waals surface area contributed by atoms with Gasteiger partial charge in [0.2, 0.25) is 5.91 Å². The van der Waals surface area contributed by atoms with E-state index in [0.29, 0.717) is 12.5 Å². The second-order valence-corrected chi connectivity index (χ2v) is 7.08. The van der Waals surface area contributed by atoms with E-state index in [-0.39, 0.29) is 18.0 Å². The van der Waals surface area contributed by atoms with Gasteiger partial charge in [0.05, 0.1) is 6.54 Å². The fraction of sp³-hybridized carbons (Fsp3) is 0.556. The van der Waals surface area contributed by atoms with Crippen molar-refractivity contribution in [1.29, 1.82) is 0 Å². The van der Waals surface area contributed by atoms with Crippen LogP contribution in [0.15, 0.2) is 29.3 Å². The Labute approximate surface area is 145 Å². The van der Waals surface area contributed by atoms with Crippen molar-refractivity contribution < 1.29 is 4.79 Å². The molecule has 1 amide bonds. The summed E-state index contributed by atoms with van der Waals surface area (Å²) in [6, 6.07) is 8.31. The van der Waals surface area contributed by atoms with Crippen LogP contribution in [0.25, 0.3) is 0 Å².